The van der Waals surface area contributed by atoms with Crippen LogP contribution in [0.15, 0.2) is 0 Å². The van der Waals surface area contributed by atoms with Crippen molar-refractivity contribution in [2.24, 2.45) is 23.0 Å². The van der Waals surface area contributed by atoms with Gasteiger partial charge in [0.15, 0.2) is 0 Å². The molecule has 17 heavy (non-hydrogen) atoms. The van der Waals surface area contributed by atoms with E-state index in [4.69, 9.17) is 18.0 Å². The normalized spacial score (nSPS) is 12.0. The molecular weight excluding hydrogens is 232 g/mol. The van der Waals surface area contributed by atoms with Gasteiger partial charge >= 0.3 is 0 Å². The van der Waals surface area contributed by atoms with Gasteiger partial charge in [0.25, 0.3) is 0 Å². The van der Waals surface area contributed by atoms with E-state index in [2.05, 4.69) is 27.7 Å². The second-order valence-electron chi connectivity index (χ2n) is 5.99. The molecule has 0 aromatic carbocycles. The highest BCUT2D eigenvalue weighted by Gasteiger charge is 2.35. The molecule has 0 aliphatic carbocycles. The summed E-state index contributed by atoms with van der Waals surface area (Å²) in [6, 6.07) is 0. The molecule has 0 saturated heterocycles. The van der Waals surface area contributed by atoms with Crippen molar-refractivity contribution in [1.82, 2.24) is 4.90 Å². The lowest BCUT2D eigenvalue weighted by molar-refractivity contribution is -0.138. The highest BCUT2D eigenvalue weighted by atomic mass is 32.1. The quantitative estimate of drug-likeness (QED) is 0.744. The Labute approximate surface area is 111 Å². The molecule has 0 aromatic rings. The van der Waals surface area contributed by atoms with Crippen molar-refractivity contribution in [3.8, 4) is 0 Å². The van der Waals surface area contributed by atoms with Crippen molar-refractivity contribution >= 4 is 23.1 Å². The zero-order valence-electron chi connectivity index (χ0n) is 11.9. The molecule has 0 rings (SSSR count). The molecule has 3 nitrogen and oxygen atoms in total. The molecule has 0 spiro atoms. The molecule has 0 radical (unpaired) electrons. The van der Waals surface area contributed by atoms with Gasteiger partial charge in [-0.3, -0.25) is 4.79 Å². The maximum Gasteiger partial charge on any atom is 0.235 e. The number of amides is 1. The van der Waals surface area contributed by atoms with Crippen LogP contribution in [0.5, 0.6) is 0 Å². The summed E-state index contributed by atoms with van der Waals surface area (Å²) in [6.07, 6.45) is 0. The number of rotatable bonds is 6. The van der Waals surface area contributed by atoms with Crippen LogP contribution in [0.2, 0.25) is 0 Å². The Morgan fingerprint density at radius 2 is 1.53 bits per heavy atom. The van der Waals surface area contributed by atoms with Gasteiger partial charge in [0.1, 0.15) is 0 Å². The van der Waals surface area contributed by atoms with Crippen LogP contribution in [0.3, 0.4) is 0 Å². The van der Waals surface area contributed by atoms with Gasteiger partial charge in [0.2, 0.25) is 5.91 Å². The molecule has 0 unspecified atom stereocenters. The molecule has 4 heteroatoms. The van der Waals surface area contributed by atoms with Crippen molar-refractivity contribution in [2.45, 2.75) is 41.5 Å². The first-order chi connectivity index (χ1) is 7.59. The standard InChI is InChI=1S/C13H26N2OS/c1-9(2)7-15(8-10(3)4)12(16)13(5,6)11(14)17/h9-10H,7-8H2,1-6H3,(H2,14,17). The first-order valence-electron chi connectivity index (χ1n) is 6.18. The van der Waals surface area contributed by atoms with Crippen LogP contribution in [0, 0.1) is 17.3 Å². The third kappa shape index (κ3) is 5.02. The molecule has 1 amide bonds. The van der Waals surface area contributed by atoms with Crippen molar-refractivity contribution in [3.63, 3.8) is 0 Å². The SMILES string of the molecule is CC(C)CN(CC(C)C)C(=O)C(C)(C)C(N)=S. The van der Waals surface area contributed by atoms with Crippen LogP contribution in [0.25, 0.3) is 0 Å². The summed E-state index contributed by atoms with van der Waals surface area (Å²) in [5, 5.41) is 0. The van der Waals surface area contributed by atoms with Gasteiger partial charge in [-0.2, -0.15) is 0 Å². The second kappa shape index (κ2) is 6.34. The highest BCUT2D eigenvalue weighted by Crippen LogP contribution is 2.21. The molecule has 0 fully saturated rings. The molecule has 0 atom stereocenters. The van der Waals surface area contributed by atoms with Crippen LogP contribution in [0.1, 0.15) is 41.5 Å². The van der Waals surface area contributed by atoms with E-state index in [1.54, 1.807) is 13.8 Å². The average Bonchev–Trinajstić information content (AvgIpc) is 2.13. The Kier molecular flexibility index (Phi) is 6.10. The van der Waals surface area contributed by atoms with E-state index in [0.29, 0.717) is 11.8 Å². The maximum atomic E-state index is 12.4. The van der Waals surface area contributed by atoms with Crippen LogP contribution in [-0.4, -0.2) is 28.9 Å². The molecule has 0 aliphatic rings. The third-order valence-electron chi connectivity index (χ3n) is 2.61. The minimum absolute atomic E-state index is 0.0346. The molecule has 0 saturated carbocycles. The number of hydrogen-bond acceptors (Lipinski definition) is 2. The van der Waals surface area contributed by atoms with Crippen LogP contribution in [-0.2, 0) is 4.79 Å². The lowest BCUT2D eigenvalue weighted by atomic mass is 9.91. The predicted molar refractivity (Wildman–Crippen MR) is 76.8 cm³/mol. The number of carbonyl (C=O) groups excluding carboxylic acids is 1. The summed E-state index contributed by atoms with van der Waals surface area (Å²) in [5.41, 5.74) is 4.90. The summed E-state index contributed by atoms with van der Waals surface area (Å²) in [6.45, 7) is 13.5. The van der Waals surface area contributed by atoms with Crippen LogP contribution in [0.4, 0.5) is 0 Å². The Bertz CT molecular complexity index is 275. The molecular formula is C13H26N2OS. The molecule has 0 aromatic heterocycles. The van der Waals surface area contributed by atoms with Crippen molar-refractivity contribution in [2.75, 3.05) is 13.1 Å². The lowest BCUT2D eigenvalue weighted by Crippen LogP contribution is -2.49. The van der Waals surface area contributed by atoms with Crippen LogP contribution < -0.4 is 5.73 Å². The van der Waals surface area contributed by atoms with Gasteiger partial charge in [-0.1, -0.05) is 39.9 Å². The summed E-state index contributed by atoms with van der Waals surface area (Å²) in [5.74, 6) is 0.923. The van der Waals surface area contributed by atoms with Gasteiger partial charge in [-0.25, -0.2) is 0 Å². The first-order valence-corrected chi connectivity index (χ1v) is 6.59. The van der Waals surface area contributed by atoms with E-state index in [9.17, 15) is 4.79 Å². The molecule has 2 N–H and O–H groups in total. The summed E-state index contributed by atoms with van der Waals surface area (Å²) in [4.78, 5) is 14.6. The fourth-order valence-corrected chi connectivity index (χ4v) is 1.71. The van der Waals surface area contributed by atoms with E-state index in [0.717, 1.165) is 13.1 Å². The van der Waals surface area contributed by atoms with Gasteiger partial charge in [-0.05, 0) is 25.7 Å². The molecule has 0 aliphatic heterocycles. The zero-order chi connectivity index (χ0) is 13.8. The molecule has 100 valence electrons. The second-order valence-corrected chi connectivity index (χ2v) is 6.43. The highest BCUT2D eigenvalue weighted by molar-refractivity contribution is 7.80. The molecule has 0 heterocycles. The Morgan fingerprint density at radius 3 is 1.76 bits per heavy atom. The van der Waals surface area contributed by atoms with Gasteiger partial charge in [0.05, 0.1) is 10.4 Å². The Balaban J connectivity index is 4.92. The van der Waals surface area contributed by atoms with Crippen LogP contribution >= 0.6 is 12.2 Å². The van der Waals surface area contributed by atoms with Gasteiger partial charge in [0, 0.05) is 13.1 Å². The summed E-state index contributed by atoms with van der Waals surface area (Å²) < 4.78 is 0. The van der Waals surface area contributed by atoms with Crippen molar-refractivity contribution in [3.05, 3.63) is 0 Å². The Hall–Kier alpha value is -0.640. The number of nitrogens with zero attached hydrogens (tertiary/aromatic N) is 1. The van der Waals surface area contributed by atoms with E-state index in [1.165, 1.54) is 0 Å². The molecule has 0 bridgehead atoms. The fourth-order valence-electron chi connectivity index (χ4n) is 1.62. The van der Waals surface area contributed by atoms with E-state index in [1.807, 2.05) is 4.90 Å². The minimum Gasteiger partial charge on any atom is -0.392 e. The monoisotopic (exact) mass is 258 g/mol. The first kappa shape index (κ1) is 16.4. The summed E-state index contributed by atoms with van der Waals surface area (Å²) >= 11 is 4.98. The largest absolute Gasteiger partial charge is 0.392 e. The number of nitrogens with two attached hydrogens (primary N) is 1. The lowest BCUT2D eigenvalue weighted by Gasteiger charge is -2.33. The summed E-state index contributed by atoms with van der Waals surface area (Å²) in [7, 11) is 0. The van der Waals surface area contributed by atoms with E-state index < -0.39 is 5.41 Å². The third-order valence-corrected chi connectivity index (χ3v) is 3.12. The van der Waals surface area contributed by atoms with Gasteiger partial charge in [-0.15, -0.1) is 0 Å². The number of thiocarbonyl (C=S) groups is 1. The Morgan fingerprint density at radius 1 is 1.18 bits per heavy atom. The zero-order valence-corrected chi connectivity index (χ0v) is 12.7. The average molecular weight is 258 g/mol. The topological polar surface area (TPSA) is 46.3 Å². The minimum atomic E-state index is -0.751. The fraction of sp³-hybridized carbons (Fsp3) is 0.846. The van der Waals surface area contributed by atoms with E-state index >= 15 is 0 Å². The smallest absolute Gasteiger partial charge is 0.235 e. The number of hydrogen-bond donors (Lipinski definition) is 1. The van der Waals surface area contributed by atoms with Crippen molar-refractivity contribution < 1.29 is 4.79 Å². The van der Waals surface area contributed by atoms with Crippen molar-refractivity contribution in [1.29, 1.82) is 0 Å². The maximum absolute atomic E-state index is 12.4. The predicted octanol–water partition coefficient (Wildman–Crippen LogP) is 2.44. The number of carbonyl (C=O) groups is 1. The van der Waals surface area contributed by atoms with Gasteiger partial charge < -0.3 is 10.6 Å². The van der Waals surface area contributed by atoms with E-state index in [-0.39, 0.29) is 10.9 Å².